The van der Waals surface area contributed by atoms with E-state index in [1.54, 1.807) is 31.3 Å². The van der Waals surface area contributed by atoms with E-state index in [0.29, 0.717) is 22.5 Å². The minimum atomic E-state index is -0.796. The van der Waals surface area contributed by atoms with E-state index in [4.69, 9.17) is 4.74 Å². The fourth-order valence-corrected chi connectivity index (χ4v) is 3.34. The van der Waals surface area contributed by atoms with Crippen molar-refractivity contribution < 1.29 is 14.3 Å². The summed E-state index contributed by atoms with van der Waals surface area (Å²) < 4.78 is 8.63. The fourth-order valence-electron chi connectivity index (χ4n) is 3.34. The summed E-state index contributed by atoms with van der Waals surface area (Å²) in [6.07, 6.45) is 2.16. The molecule has 4 rings (SSSR count). The Morgan fingerprint density at radius 3 is 2.90 bits per heavy atom. The molecule has 0 spiro atoms. The molecule has 1 aliphatic heterocycles. The van der Waals surface area contributed by atoms with E-state index in [1.165, 1.54) is 33.7 Å². The molecule has 0 saturated heterocycles. The summed E-state index contributed by atoms with van der Waals surface area (Å²) in [7, 11) is 3.23. The molecule has 0 fully saturated rings. The lowest BCUT2D eigenvalue weighted by atomic mass is 10.1. The number of hydrogen-bond donors (Lipinski definition) is 1. The number of carbonyl (C=O) groups excluding carboxylic acids is 2. The lowest BCUT2D eigenvalue weighted by Gasteiger charge is -2.34. The van der Waals surface area contributed by atoms with Gasteiger partial charge in [-0.15, -0.1) is 0 Å². The van der Waals surface area contributed by atoms with Crippen molar-refractivity contribution in [2.24, 2.45) is 7.05 Å². The Balaban J connectivity index is 1.55. The third-order valence-electron chi connectivity index (χ3n) is 4.90. The highest BCUT2D eigenvalue weighted by Gasteiger charge is 2.33. The average molecular weight is 396 g/mol. The van der Waals surface area contributed by atoms with Gasteiger partial charge in [-0.25, -0.2) is 4.98 Å². The molecule has 3 heterocycles. The molecule has 2 amide bonds. The third kappa shape index (κ3) is 3.33. The highest BCUT2D eigenvalue weighted by Crippen LogP contribution is 2.33. The molecule has 2 aromatic heterocycles. The summed E-state index contributed by atoms with van der Waals surface area (Å²) >= 11 is 0. The van der Waals surface area contributed by atoms with Crippen molar-refractivity contribution in [1.29, 1.82) is 0 Å². The lowest BCUT2D eigenvalue weighted by molar-refractivity contribution is -0.128. The molecular formula is C19H20N6O4. The molecule has 1 N–H and O–H groups in total. The topological polar surface area (TPSA) is 111 Å². The van der Waals surface area contributed by atoms with Crippen molar-refractivity contribution in [3.05, 3.63) is 47.1 Å². The second-order valence-electron chi connectivity index (χ2n) is 6.69. The number of nitrogens with one attached hydrogen (secondary N) is 1. The summed E-state index contributed by atoms with van der Waals surface area (Å²) in [5.41, 5.74) is 0.848. The van der Waals surface area contributed by atoms with Crippen molar-refractivity contribution in [3.8, 4) is 5.75 Å². The van der Waals surface area contributed by atoms with Crippen LogP contribution in [-0.4, -0.2) is 50.8 Å². The number of rotatable bonds is 4. The highest BCUT2D eigenvalue weighted by atomic mass is 16.5. The SMILES string of the molecule is CNC(=O)C1CN(C(=O)CCn2cnc3c(cnn3C)c2=O)c2ccccc2O1. The van der Waals surface area contributed by atoms with Gasteiger partial charge in [-0.3, -0.25) is 23.6 Å². The van der Waals surface area contributed by atoms with Gasteiger partial charge in [0.15, 0.2) is 11.8 Å². The smallest absolute Gasteiger partial charge is 0.264 e. The predicted molar refractivity (Wildman–Crippen MR) is 105 cm³/mol. The van der Waals surface area contributed by atoms with E-state index in [2.05, 4.69) is 15.4 Å². The normalized spacial score (nSPS) is 15.7. The number of para-hydroxylation sites is 2. The fraction of sp³-hybridized carbons (Fsp3) is 0.316. The van der Waals surface area contributed by atoms with Gasteiger partial charge in [0.25, 0.3) is 11.5 Å². The van der Waals surface area contributed by atoms with Crippen LogP contribution in [0.1, 0.15) is 6.42 Å². The molecule has 150 valence electrons. The molecule has 1 atom stereocenters. The molecule has 0 radical (unpaired) electrons. The number of likely N-dealkylation sites (N-methyl/N-ethyl adjacent to an activating group) is 1. The molecule has 0 aliphatic carbocycles. The summed E-state index contributed by atoms with van der Waals surface area (Å²) in [5.74, 6) is -0.0519. The Kier molecular flexibility index (Phi) is 4.75. The molecule has 1 unspecified atom stereocenters. The Hall–Kier alpha value is -3.69. The van der Waals surface area contributed by atoms with E-state index in [0.717, 1.165) is 0 Å². The maximum atomic E-state index is 13.0. The number of anilines is 1. The van der Waals surface area contributed by atoms with Gasteiger partial charge in [-0.2, -0.15) is 5.10 Å². The van der Waals surface area contributed by atoms with Crippen molar-refractivity contribution in [1.82, 2.24) is 24.6 Å². The molecule has 10 heteroatoms. The number of benzene rings is 1. The zero-order chi connectivity index (χ0) is 20.5. The van der Waals surface area contributed by atoms with Gasteiger partial charge < -0.3 is 15.0 Å². The Bertz CT molecular complexity index is 1150. The van der Waals surface area contributed by atoms with Crippen LogP contribution in [0.5, 0.6) is 5.75 Å². The summed E-state index contributed by atoms with van der Waals surface area (Å²) in [4.78, 5) is 43.4. The van der Waals surface area contributed by atoms with E-state index >= 15 is 0 Å². The number of carbonyl (C=O) groups is 2. The van der Waals surface area contributed by atoms with Crippen molar-refractivity contribution in [2.45, 2.75) is 19.1 Å². The first kappa shape index (κ1) is 18.7. The van der Waals surface area contributed by atoms with Crippen LogP contribution in [0.2, 0.25) is 0 Å². The Morgan fingerprint density at radius 1 is 1.31 bits per heavy atom. The molecular weight excluding hydrogens is 376 g/mol. The molecule has 1 aromatic carbocycles. The molecule has 0 bridgehead atoms. The number of hydrogen-bond acceptors (Lipinski definition) is 6. The quantitative estimate of drug-likeness (QED) is 0.668. The summed E-state index contributed by atoms with van der Waals surface area (Å²) in [5, 5.41) is 6.99. The van der Waals surface area contributed by atoms with Gasteiger partial charge in [0.2, 0.25) is 5.91 Å². The molecule has 1 aliphatic rings. The van der Waals surface area contributed by atoms with Gasteiger partial charge >= 0.3 is 0 Å². The third-order valence-corrected chi connectivity index (χ3v) is 4.90. The lowest BCUT2D eigenvalue weighted by Crippen LogP contribution is -2.50. The largest absolute Gasteiger partial charge is 0.477 e. The van der Waals surface area contributed by atoms with Crippen LogP contribution in [0.25, 0.3) is 11.0 Å². The van der Waals surface area contributed by atoms with Crippen LogP contribution in [0, 0.1) is 0 Å². The van der Waals surface area contributed by atoms with E-state index < -0.39 is 6.10 Å². The van der Waals surface area contributed by atoms with Crippen molar-refractivity contribution in [2.75, 3.05) is 18.5 Å². The first-order chi connectivity index (χ1) is 14.0. The van der Waals surface area contributed by atoms with Crippen LogP contribution in [0.15, 0.2) is 41.6 Å². The standard InChI is InChI=1S/C19H20N6O4/c1-20-18(27)15-10-25(13-5-3-4-6-14(13)29-15)16(26)7-8-24-11-21-17-12(19(24)28)9-22-23(17)2/h3-6,9,11,15H,7-8,10H2,1-2H3,(H,20,27). The first-order valence-corrected chi connectivity index (χ1v) is 9.14. The van der Waals surface area contributed by atoms with Gasteiger partial charge in [-0.05, 0) is 12.1 Å². The van der Waals surface area contributed by atoms with Gasteiger partial charge in [-0.1, -0.05) is 12.1 Å². The molecule has 29 heavy (non-hydrogen) atoms. The minimum Gasteiger partial charge on any atom is -0.477 e. The Morgan fingerprint density at radius 2 is 2.10 bits per heavy atom. The summed E-state index contributed by atoms with van der Waals surface area (Å²) in [6.45, 7) is 0.268. The number of aryl methyl sites for hydroxylation is 2. The van der Waals surface area contributed by atoms with Crippen LogP contribution < -0.4 is 20.5 Å². The highest BCUT2D eigenvalue weighted by molar-refractivity contribution is 5.97. The summed E-state index contributed by atoms with van der Waals surface area (Å²) in [6, 6.07) is 7.06. The van der Waals surface area contributed by atoms with Crippen LogP contribution in [0.4, 0.5) is 5.69 Å². The Labute approximate surface area is 165 Å². The second kappa shape index (κ2) is 7.38. The molecule has 0 saturated carbocycles. The van der Waals surface area contributed by atoms with Crippen molar-refractivity contribution in [3.63, 3.8) is 0 Å². The predicted octanol–water partition coefficient (Wildman–Crippen LogP) is 0.0603. The number of nitrogens with zero attached hydrogens (tertiary/aromatic N) is 5. The minimum absolute atomic E-state index is 0.0716. The zero-order valence-corrected chi connectivity index (χ0v) is 16.0. The maximum absolute atomic E-state index is 13.0. The van der Waals surface area contributed by atoms with Gasteiger partial charge in [0.05, 0.1) is 24.8 Å². The van der Waals surface area contributed by atoms with Gasteiger partial charge in [0.1, 0.15) is 11.1 Å². The molecule has 3 aromatic rings. The average Bonchev–Trinajstić information content (AvgIpc) is 3.13. The van der Waals surface area contributed by atoms with E-state index in [-0.39, 0.29) is 36.9 Å². The van der Waals surface area contributed by atoms with E-state index in [1.807, 2.05) is 0 Å². The van der Waals surface area contributed by atoms with Gasteiger partial charge in [0, 0.05) is 27.1 Å². The second-order valence-corrected chi connectivity index (χ2v) is 6.69. The van der Waals surface area contributed by atoms with Crippen LogP contribution in [-0.2, 0) is 23.2 Å². The number of fused-ring (bicyclic) bond motifs is 2. The number of aromatic nitrogens is 4. The monoisotopic (exact) mass is 396 g/mol. The van der Waals surface area contributed by atoms with Crippen LogP contribution in [0.3, 0.4) is 0 Å². The molecule has 10 nitrogen and oxygen atoms in total. The number of amides is 2. The number of ether oxygens (including phenoxy) is 1. The van der Waals surface area contributed by atoms with E-state index in [9.17, 15) is 14.4 Å². The maximum Gasteiger partial charge on any atom is 0.264 e. The first-order valence-electron chi connectivity index (χ1n) is 9.14. The van der Waals surface area contributed by atoms with Crippen molar-refractivity contribution >= 4 is 28.5 Å². The zero-order valence-electron chi connectivity index (χ0n) is 16.0. The van der Waals surface area contributed by atoms with Crippen LogP contribution >= 0.6 is 0 Å².